The van der Waals surface area contributed by atoms with E-state index in [0.717, 1.165) is 13.8 Å². The fourth-order valence-electron chi connectivity index (χ4n) is 0.406. The van der Waals surface area contributed by atoms with E-state index in [2.05, 4.69) is 9.68 Å². The van der Waals surface area contributed by atoms with Crippen LogP contribution < -0.4 is 0 Å². The van der Waals surface area contributed by atoms with E-state index in [9.17, 15) is 9.59 Å². The Labute approximate surface area is 105 Å². The first kappa shape index (κ1) is 17.8. The van der Waals surface area contributed by atoms with Gasteiger partial charge in [-0.2, -0.15) is 9.68 Å². The van der Waals surface area contributed by atoms with Crippen LogP contribution in [0.25, 0.3) is 0 Å². The van der Waals surface area contributed by atoms with E-state index < -0.39 is 29.3 Å². The van der Waals surface area contributed by atoms with Gasteiger partial charge in [-0.25, -0.2) is 9.59 Å². The molecule has 0 fully saturated rings. The van der Waals surface area contributed by atoms with Crippen molar-refractivity contribution in [3.05, 3.63) is 0 Å². The zero-order valence-corrected chi connectivity index (χ0v) is 10.1. The van der Waals surface area contributed by atoms with Gasteiger partial charge in [0.2, 0.25) is 0 Å². The summed E-state index contributed by atoms with van der Waals surface area (Å²) in [7, 11) is 0. The van der Waals surface area contributed by atoms with E-state index in [1.807, 2.05) is 0 Å². The van der Waals surface area contributed by atoms with Gasteiger partial charge in [0, 0.05) is 21.7 Å². The summed E-state index contributed by atoms with van der Waals surface area (Å²) in [5, 5.41) is 31.9. The standard InChI is InChI=1S/C6H12NO8.Ti/c1-3(8)5(10)14-7(12,13)15-6(11)4(2)9;/h3-4,8-9,12-13H,1-2H3;/q+1;. The molecule has 0 aliphatic rings. The predicted octanol–water partition coefficient (Wildman–Crippen LogP) is -1.74. The minimum Gasteiger partial charge on any atom is -0.381 e. The SMILES string of the molecule is CC(O)C(=O)O[N+](O)(O)OC(=O)C(C)O.[Ti]. The number of carbonyl (C=O) groups excluding carboxylic acids is 2. The van der Waals surface area contributed by atoms with Crippen molar-refractivity contribution in [3.63, 3.8) is 0 Å². The Morgan fingerprint density at radius 3 is 1.44 bits per heavy atom. The van der Waals surface area contributed by atoms with Crippen LogP contribution in [0.4, 0.5) is 0 Å². The van der Waals surface area contributed by atoms with E-state index in [-0.39, 0.29) is 21.7 Å². The molecule has 0 amide bonds. The summed E-state index contributed by atoms with van der Waals surface area (Å²) in [4.78, 5) is 28.7. The Bertz CT molecular complexity index is 229. The van der Waals surface area contributed by atoms with Crippen molar-refractivity contribution in [1.82, 2.24) is 0 Å². The molecule has 0 aromatic rings. The molecule has 0 heterocycles. The Morgan fingerprint density at radius 2 is 1.25 bits per heavy atom. The van der Waals surface area contributed by atoms with E-state index in [0.29, 0.717) is 0 Å². The third-order valence-corrected chi connectivity index (χ3v) is 1.10. The second-order valence-electron chi connectivity index (χ2n) is 2.66. The van der Waals surface area contributed by atoms with E-state index in [1.165, 1.54) is 0 Å². The Balaban J connectivity index is 0. The normalized spacial score (nSPS) is 14.4. The van der Waals surface area contributed by atoms with Crippen LogP contribution >= 0.6 is 0 Å². The van der Waals surface area contributed by atoms with Gasteiger partial charge in [0.15, 0.2) is 12.2 Å². The Kier molecular flexibility index (Phi) is 7.71. The average molecular weight is 274 g/mol. The van der Waals surface area contributed by atoms with Gasteiger partial charge in [-0.1, -0.05) is 10.4 Å². The van der Waals surface area contributed by atoms with Crippen molar-refractivity contribution in [2.24, 2.45) is 0 Å². The first-order valence-corrected chi connectivity index (χ1v) is 3.83. The Morgan fingerprint density at radius 1 is 1.00 bits per heavy atom. The van der Waals surface area contributed by atoms with E-state index in [1.54, 1.807) is 0 Å². The molecule has 0 saturated carbocycles. The van der Waals surface area contributed by atoms with Crippen molar-refractivity contribution in [2.75, 3.05) is 0 Å². The number of hydrogen-bond acceptors (Lipinski definition) is 8. The molecule has 0 aromatic carbocycles. The number of aliphatic hydroxyl groups is 2. The van der Waals surface area contributed by atoms with Gasteiger partial charge in [-0.3, -0.25) is 0 Å². The molecule has 0 radical (unpaired) electrons. The largest absolute Gasteiger partial charge is 0.409 e. The van der Waals surface area contributed by atoms with Crippen molar-refractivity contribution in [3.8, 4) is 0 Å². The predicted molar refractivity (Wildman–Crippen MR) is 39.4 cm³/mol. The molecule has 10 heteroatoms. The van der Waals surface area contributed by atoms with Gasteiger partial charge < -0.3 is 10.2 Å². The molecule has 0 aromatic heterocycles. The first-order valence-electron chi connectivity index (χ1n) is 3.83. The maximum atomic E-state index is 10.6. The summed E-state index contributed by atoms with van der Waals surface area (Å²) in [6, 6.07) is 0. The van der Waals surface area contributed by atoms with Gasteiger partial charge in [0.05, 0.1) is 0 Å². The minimum absolute atomic E-state index is 0. The van der Waals surface area contributed by atoms with Crippen LogP contribution in [0.5, 0.6) is 0 Å². The van der Waals surface area contributed by atoms with Crippen molar-refractivity contribution < 1.29 is 66.7 Å². The Hall–Kier alpha value is -0.546. The van der Waals surface area contributed by atoms with Crippen LogP contribution in [-0.2, 0) is 41.0 Å². The van der Waals surface area contributed by atoms with Crippen LogP contribution in [-0.4, -0.2) is 49.9 Å². The molecule has 4 N–H and O–H groups in total. The third-order valence-electron chi connectivity index (χ3n) is 1.10. The molecular formula is C6H12NO8Ti+. The summed E-state index contributed by atoms with van der Waals surface area (Å²) in [5.74, 6) is -2.86. The number of rotatable bonds is 4. The molecule has 0 saturated heterocycles. The van der Waals surface area contributed by atoms with Crippen molar-refractivity contribution in [2.45, 2.75) is 26.1 Å². The zero-order chi connectivity index (χ0) is 12.2. The second kappa shape index (κ2) is 6.91. The molecular weight excluding hydrogens is 262 g/mol. The number of carbonyl (C=O) groups is 2. The van der Waals surface area contributed by atoms with Gasteiger partial charge in [0.1, 0.15) is 0 Å². The van der Waals surface area contributed by atoms with Crippen LogP contribution in [0.1, 0.15) is 13.8 Å². The molecule has 0 spiro atoms. The summed E-state index contributed by atoms with van der Waals surface area (Å²) in [6.45, 7) is 2.00. The van der Waals surface area contributed by atoms with E-state index in [4.69, 9.17) is 20.6 Å². The summed E-state index contributed by atoms with van der Waals surface area (Å²) >= 11 is 0. The van der Waals surface area contributed by atoms with Gasteiger partial charge >= 0.3 is 17.1 Å². The minimum atomic E-state index is -2.85. The van der Waals surface area contributed by atoms with Crippen LogP contribution in [0, 0.1) is 0 Å². The van der Waals surface area contributed by atoms with Crippen LogP contribution in [0.15, 0.2) is 0 Å². The van der Waals surface area contributed by atoms with Crippen molar-refractivity contribution >= 4 is 11.9 Å². The molecule has 9 nitrogen and oxygen atoms in total. The number of quaternary nitrogens is 1. The van der Waals surface area contributed by atoms with Crippen LogP contribution in [0.2, 0.25) is 0 Å². The van der Waals surface area contributed by atoms with Gasteiger partial charge in [0.25, 0.3) is 0 Å². The molecule has 2 atom stereocenters. The summed E-state index contributed by atoms with van der Waals surface area (Å²) in [5.41, 5.74) is 0. The summed E-state index contributed by atoms with van der Waals surface area (Å²) in [6.07, 6.45) is -3.26. The van der Waals surface area contributed by atoms with Gasteiger partial charge in [-0.05, 0) is 13.8 Å². The first-order chi connectivity index (χ1) is 6.65. The monoisotopic (exact) mass is 274 g/mol. The fourth-order valence-corrected chi connectivity index (χ4v) is 0.406. The summed E-state index contributed by atoms with van der Waals surface area (Å²) < 4.78 is 0. The van der Waals surface area contributed by atoms with Gasteiger partial charge in [-0.15, -0.1) is 0 Å². The molecule has 16 heavy (non-hydrogen) atoms. The molecule has 0 aliphatic heterocycles. The number of nitrogens with zero attached hydrogens (tertiary/aromatic N) is 1. The average Bonchev–Trinajstić information content (AvgIpc) is 2.01. The third kappa shape index (κ3) is 6.85. The second-order valence-corrected chi connectivity index (χ2v) is 2.66. The van der Waals surface area contributed by atoms with Crippen molar-refractivity contribution in [1.29, 1.82) is 0 Å². The maximum Gasteiger partial charge on any atom is 0.409 e. The molecule has 0 bridgehead atoms. The molecule has 0 rings (SSSR count). The number of hydrogen-bond donors (Lipinski definition) is 4. The molecule has 92 valence electrons. The fraction of sp³-hybridized carbons (Fsp3) is 0.667. The quantitative estimate of drug-likeness (QED) is 0.269. The maximum absolute atomic E-state index is 10.6. The smallest absolute Gasteiger partial charge is 0.381 e. The zero-order valence-electron chi connectivity index (χ0n) is 8.52. The topological polar surface area (TPSA) is 134 Å². The number of aliphatic hydroxyl groups excluding tert-OH is 2. The molecule has 0 aliphatic carbocycles. The van der Waals surface area contributed by atoms with E-state index >= 15 is 0 Å². The van der Waals surface area contributed by atoms with Crippen LogP contribution in [0.3, 0.4) is 0 Å². The molecule has 2 unspecified atom stereocenters.